The van der Waals surface area contributed by atoms with Crippen molar-refractivity contribution >= 4 is 32.2 Å². The molecule has 0 fully saturated rings. The van der Waals surface area contributed by atoms with Crippen LogP contribution in [0.25, 0.3) is 0 Å². The summed E-state index contributed by atoms with van der Waals surface area (Å²) < 4.78 is 29.4. The van der Waals surface area contributed by atoms with E-state index in [1.54, 1.807) is 25.0 Å². The molecule has 2 aromatic heterocycles. The number of nitrogens with one attached hydrogen (secondary N) is 1. The number of aromatic nitrogens is 4. The normalized spacial score (nSPS) is 11.7. The van der Waals surface area contributed by atoms with Gasteiger partial charge in [0.15, 0.2) is 21.5 Å². The summed E-state index contributed by atoms with van der Waals surface area (Å²) in [5.74, 6) is 0.735. The molecule has 0 spiro atoms. The molecule has 2 aromatic rings. The van der Waals surface area contributed by atoms with Gasteiger partial charge in [0.2, 0.25) is 0 Å². The van der Waals surface area contributed by atoms with Gasteiger partial charge in [-0.15, -0.1) is 0 Å². The number of sulfone groups is 1. The van der Waals surface area contributed by atoms with Crippen molar-refractivity contribution in [1.29, 1.82) is 0 Å². The second-order valence-corrected chi connectivity index (χ2v) is 7.13. The maximum atomic E-state index is 12.0. The Hall–Kier alpha value is -1.68. The number of hydrogen-bond acceptors (Lipinski definition) is 8. The molecule has 110 valence electrons. The Bertz CT molecular complexity index is 690. The fraction of sp³-hybridized carbons (Fsp3) is 0.500. The van der Waals surface area contributed by atoms with Crippen molar-refractivity contribution in [3.8, 4) is 0 Å². The van der Waals surface area contributed by atoms with E-state index in [0.717, 1.165) is 11.5 Å². The highest BCUT2D eigenvalue weighted by molar-refractivity contribution is 7.91. The van der Waals surface area contributed by atoms with Crippen molar-refractivity contribution < 1.29 is 8.42 Å². The number of aryl methyl sites for hydroxylation is 1. The van der Waals surface area contributed by atoms with Crippen LogP contribution in [0.4, 0.5) is 10.8 Å². The minimum atomic E-state index is -3.38. The van der Waals surface area contributed by atoms with Gasteiger partial charge in [0.05, 0.1) is 5.75 Å². The zero-order valence-electron chi connectivity index (χ0n) is 11.2. The molecule has 0 bridgehead atoms. The summed E-state index contributed by atoms with van der Waals surface area (Å²) in [6, 6.07) is 0. The van der Waals surface area contributed by atoms with Gasteiger partial charge >= 0.3 is 0 Å². The average Bonchev–Trinajstić information content (AvgIpc) is 2.96. The molecular formula is C10H16N6O2S2. The van der Waals surface area contributed by atoms with E-state index in [2.05, 4.69) is 19.8 Å². The van der Waals surface area contributed by atoms with Gasteiger partial charge < -0.3 is 11.1 Å². The zero-order chi connectivity index (χ0) is 14.8. The van der Waals surface area contributed by atoms with Crippen LogP contribution in [0, 0.1) is 0 Å². The molecule has 0 atom stereocenters. The SMILES string of the molecule is CCS(=O)(=O)c1c(N)nsc1NCCc1ncn(C)n1. The molecular weight excluding hydrogens is 300 g/mol. The van der Waals surface area contributed by atoms with Crippen LogP contribution in [0.15, 0.2) is 11.2 Å². The number of nitrogens with two attached hydrogens (primary N) is 1. The third kappa shape index (κ3) is 3.07. The van der Waals surface area contributed by atoms with Crippen molar-refractivity contribution in [1.82, 2.24) is 19.1 Å². The summed E-state index contributed by atoms with van der Waals surface area (Å²) in [7, 11) is -1.59. The molecule has 8 nitrogen and oxygen atoms in total. The van der Waals surface area contributed by atoms with Gasteiger partial charge in [0, 0.05) is 20.0 Å². The Balaban J connectivity index is 2.07. The van der Waals surface area contributed by atoms with E-state index in [0.29, 0.717) is 23.8 Å². The largest absolute Gasteiger partial charge is 0.382 e. The Kier molecular flexibility index (Phi) is 4.23. The molecule has 0 amide bonds. The monoisotopic (exact) mass is 316 g/mol. The van der Waals surface area contributed by atoms with Crippen molar-refractivity contribution in [2.75, 3.05) is 23.3 Å². The molecule has 2 heterocycles. The summed E-state index contributed by atoms with van der Waals surface area (Å²) in [4.78, 5) is 4.19. The van der Waals surface area contributed by atoms with Crippen LogP contribution in [0.2, 0.25) is 0 Å². The second-order valence-electron chi connectivity index (χ2n) is 4.14. The van der Waals surface area contributed by atoms with Crippen LogP contribution < -0.4 is 11.1 Å². The highest BCUT2D eigenvalue weighted by Crippen LogP contribution is 2.32. The van der Waals surface area contributed by atoms with Crippen molar-refractivity contribution in [2.45, 2.75) is 18.2 Å². The predicted molar refractivity (Wildman–Crippen MR) is 77.4 cm³/mol. The highest BCUT2D eigenvalue weighted by atomic mass is 32.2. The lowest BCUT2D eigenvalue weighted by Gasteiger charge is -2.05. The fourth-order valence-electron chi connectivity index (χ4n) is 1.64. The molecule has 20 heavy (non-hydrogen) atoms. The van der Waals surface area contributed by atoms with Gasteiger partial charge in [-0.3, -0.25) is 4.68 Å². The number of hydrogen-bond donors (Lipinski definition) is 2. The zero-order valence-corrected chi connectivity index (χ0v) is 12.8. The molecule has 0 aliphatic rings. The summed E-state index contributed by atoms with van der Waals surface area (Å²) in [5, 5.41) is 7.66. The lowest BCUT2D eigenvalue weighted by Crippen LogP contribution is -2.11. The van der Waals surface area contributed by atoms with Gasteiger partial charge in [-0.1, -0.05) is 6.92 Å². The van der Waals surface area contributed by atoms with Crippen LogP contribution in [-0.2, 0) is 23.3 Å². The van der Waals surface area contributed by atoms with Crippen LogP contribution >= 0.6 is 11.5 Å². The maximum absolute atomic E-state index is 12.0. The van der Waals surface area contributed by atoms with E-state index >= 15 is 0 Å². The van der Waals surface area contributed by atoms with Crippen LogP contribution in [0.3, 0.4) is 0 Å². The van der Waals surface area contributed by atoms with Gasteiger partial charge in [-0.25, -0.2) is 13.4 Å². The molecule has 0 saturated carbocycles. The van der Waals surface area contributed by atoms with Crippen molar-refractivity contribution in [3.63, 3.8) is 0 Å². The molecule has 0 unspecified atom stereocenters. The van der Waals surface area contributed by atoms with E-state index in [-0.39, 0.29) is 16.5 Å². The first-order valence-corrected chi connectivity index (χ1v) is 8.43. The number of nitrogens with zero attached hydrogens (tertiary/aromatic N) is 4. The van der Waals surface area contributed by atoms with Crippen LogP contribution in [0.1, 0.15) is 12.7 Å². The summed E-state index contributed by atoms with van der Waals surface area (Å²) in [6.45, 7) is 2.09. The van der Waals surface area contributed by atoms with Crippen LogP contribution in [0.5, 0.6) is 0 Å². The van der Waals surface area contributed by atoms with E-state index in [9.17, 15) is 8.42 Å². The third-order valence-corrected chi connectivity index (χ3v) is 5.39. The Morgan fingerprint density at radius 3 is 2.85 bits per heavy atom. The topological polar surface area (TPSA) is 116 Å². The van der Waals surface area contributed by atoms with Crippen molar-refractivity contribution in [3.05, 3.63) is 12.2 Å². The lowest BCUT2D eigenvalue weighted by molar-refractivity contribution is 0.598. The van der Waals surface area contributed by atoms with E-state index < -0.39 is 9.84 Å². The first kappa shape index (κ1) is 14.7. The van der Waals surface area contributed by atoms with Gasteiger partial charge in [-0.2, -0.15) is 9.47 Å². The quantitative estimate of drug-likeness (QED) is 0.787. The number of nitrogen functional groups attached to an aromatic ring is 1. The summed E-state index contributed by atoms with van der Waals surface area (Å²) in [5.41, 5.74) is 5.64. The van der Waals surface area contributed by atoms with Crippen molar-refractivity contribution in [2.24, 2.45) is 7.05 Å². The standard InChI is InChI=1S/C10H16N6O2S2/c1-3-20(17,18)8-9(11)15-19-10(8)12-5-4-7-13-6-16(2)14-7/h6,12H,3-5H2,1-2H3,(H2,11,15). The Morgan fingerprint density at radius 2 is 2.25 bits per heavy atom. The van der Waals surface area contributed by atoms with E-state index in [1.807, 2.05) is 0 Å². The first-order valence-electron chi connectivity index (χ1n) is 6.00. The third-order valence-electron chi connectivity index (χ3n) is 2.65. The molecule has 10 heteroatoms. The minimum Gasteiger partial charge on any atom is -0.382 e. The second kappa shape index (κ2) is 5.75. The molecule has 2 rings (SSSR count). The van der Waals surface area contributed by atoms with Crippen LogP contribution in [-0.4, -0.2) is 39.9 Å². The molecule has 3 N–H and O–H groups in total. The lowest BCUT2D eigenvalue weighted by atomic mass is 10.4. The minimum absolute atomic E-state index is 0.00785. The number of anilines is 2. The van der Waals surface area contributed by atoms with Gasteiger partial charge in [-0.05, 0) is 11.5 Å². The Labute approximate surface area is 121 Å². The molecule has 0 aliphatic heterocycles. The smallest absolute Gasteiger partial charge is 0.184 e. The average molecular weight is 316 g/mol. The molecule has 0 radical (unpaired) electrons. The predicted octanol–water partition coefficient (Wildman–Crippen LogP) is 0.302. The fourth-order valence-corrected chi connectivity index (χ4v) is 3.83. The van der Waals surface area contributed by atoms with E-state index in [1.165, 1.54) is 0 Å². The Morgan fingerprint density at radius 1 is 1.50 bits per heavy atom. The summed E-state index contributed by atoms with van der Waals surface area (Å²) >= 11 is 1.05. The number of rotatable bonds is 6. The maximum Gasteiger partial charge on any atom is 0.184 e. The van der Waals surface area contributed by atoms with Gasteiger partial charge in [0.25, 0.3) is 0 Å². The summed E-state index contributed by atoms with van der Waals surface area (Å²) in [6.07, 6.45) is 2.21. The van der Waals surface area contributed by atoms with Gasteiger partial charge in [0.1, 0.15) is 16.2 Å². The highest BCUT2D eigenvalue weighted by Gasteiger charge is 2.23. The van der Waals surface area contributed by atoms with E-state index in [4.69, 9.17) is 5.73 Å². The molecule has 0 saturated heterocycles. The molecule has 0 aromatic carbocycles. The molecule has 0 aliphatic carbocycles. The first-order chi connectivity index (χ1) is 9.44.